The maximum absolute atomic E-state index is 11.9. The molecular weight excluding hydrogens is 294 g/mol. The van der Waals surface area contributed by atoms with Gasteiger partial charge in [0.05, 0.1) is 0 Å². The van der Waals surface area contributed by atoms with Gasteiger partial charge in [-0.2, -0.15) is 11.8 Å². The fourth-order valence-electron chi connectivity index (χ4n) is 2.54. The summed E-state index contributed by atoms with van der Waals surface area (Å²) in [5, 5.41) is 5.96. The summed E-state index contributed by atoms with van der Waals surface area (Å²) in [6.07, 6.45) is 3.20. The third-order valence-corrected chi connectivity index (χ3v) is 5.44. The average molecular weight is 321 g/mol. The minimum atomic E-state index is -0.0553. The lowest BCUT2D eigenvalue weighted by Gasteiger charge is -2.22. The van der Waals surface area contributed by atoms with Gasteiger partial charge in [0.25, 0.3) is 0 Å². The zero-order chi connectivity index (χ0) is 16.0. The highest BCUT2D eigenvalue weighted by Crippen LogP contribution is 2.23. The lowest BCUT2D eigenvalue weighted by atomic mass is 10.1. The van der Waals surface area contributed by atoms with Gasteiger partial charge in [-0.15, -0.1) is 0 Å². The molecule has 0 unspecified atom stereocenters. The van der Waals surface area contributed by atoms with Gasteiger partial charge in [-0.25, -0.2) is 4.79 Å². The molecular formula is C17H27N3OS. The van der Waals surface area contributed by atoms with E-state index >= 15 is 0 Å². The maximum atomic E-state index is 11.9. The third-order valence-electron chi connectivity index (χ3n) is 4.19. The number of hydrogen-bond donors (Lipinski definition) is 2. The minimum absolute atomic E-state index is 0.0553. The van der Waals surface area contributed by atoms with E-state index in [1.807, 2.05) is 6.07 Å². The van der Waals surface area contributed by atoms with Crippen molar-refractivity contribution < 1.29 is 4.79 Å². The number of nitrogens with zero attached hydrogens (tertiary/aromatic N) is 1. The molecule has 0 bridgehead atoms. The summed E-state index contributed by atoms with van der Waals surface area (Å²) in [5.74, 6) is 0.527. The molecule has 0 spiro atoms. The number of urea groups is 1. The molecule has 0 saturated carbocycles. The van der Waals surface area contributed by atoms with Crippen LogP contribution in [-0.2, 0) is 0 Å². The van der Waals surface area contributed by atoms with Crippen molar-refractivity contribution in [1.82, 2.24) is 10.6 Å². The molecule has 1 heterocycles. The molecule has 1 aromatic carbocycles. The standard InChI is InChI=1S/C17H27N3OS/c1-17(2,22-3)13-19-16(21)18-11-14-9-10-20(12-14)15-7-5-4-6-8-15/h4-8,14H,9-13H2,1-3H3,(H2,18,19,21)/t14-/m0/s1. The Bertz CT molecular complexity index is 478. The molecule has 1 atom stereocenters. The molecule has 0 aliphatic carbocycles. The van der Waals surface area contributed by atoms with Gasteiger partial charge < -0.3 is 15.5 Å². The second-order valence-corrected chi connectivity index (χ2v) is 7.98. The van der Waals surface area contributed by atoms with Gasteiger partial charge in [-0.05, 0) is 44.6 Å². The average Bonchev–Trinajstić information content (AvgIpc) is 3.01. The molecule has 1 aromatic rings. The Morgan fingerprint density at radius 1 is 1.32 bits per heavy atom. The van der Waals surface area contributed by atoms with Crippen LogP contribution in [0.3, 0.4) is 0 Å². The van der Waals surface area contributed by atoms with Crippen LogP contribution in [0.4, 0.5) is 10.5 Å². The van der Waals surface area contributed by atoms with Crippen LogP contribution in [0.2, 0.25) is 0 Å². The summed E-state index contributed by atoms with van der Waals surface area (Å²) in [6.45, 7) is 7.77. The van der Waals surface area contributed by atoms with E-state index in [0.717, 1.165) is 26.1 Å². The van der Waals surface area contributed by atoms with Gasteiger partial charge in [0.1, 0.15) is 0 Å². The van der Waals surface area contributed by atoms with Crippen molar-refractivity contribution in [2.24, 2.45) is 5.92 Å². The van der Waals surface area contributed by atoms with Crippen molar-refractivity contribution in [3.63, 3.8) is 0 Å². The van der Waals surface area contributed by atoms with Crippen LogP contribution in [0, 0.1) is 5.92 Å². The first-order chi connectivity index (χ1) is 10.5. The van der Waals surface area contributed by atoms with E-state index < -0.39 is 0 Å². The monoisotopic (exact) mass is 321 g/mol. The number of carbonyl (C=O) groups is 1. The Morgan fingerprint density at radius 3 is 2.73 bits per heavy atom. The van der Waals surface area contributed by atoms with E-state index in [4.69, 9.17) is 0 Å². The van der Waals surface area contributed by atoms with Gasteiger partial charge in [0.15, 0.2) is 0 Å². The molecule has 0 radical (unpaired) electrons. The SMILES string of the molecule is CSC(C)(C)CNC(=O)NC[C@@H]1CCN(c2ccccc2)C1. The number of rotatable bonds is 6. The summed E-state index contributed by atoms with van der Waals surface area (Å²) in [7, 11) is 0. The molecule has 4 nitrogen and oxygen atoms in total. The lowest BCUT2D eigenvalue weighted by molar-refractivity contribution is 0.238. The topological polar surface area (TPSA) is 44.4 Å². The van der Waals surface area contributed by atoms with Crippen molar-refractivity contribution in [2.45, 2.75) is 25.0 Å². The van der Waals surface area contributed by atoms with Crippen molar-refractivity contribution >= 4 is 23.5 Å². The number of hydrogen-bond acceptors (Lipinski definition) is 3. The van der Waals surface area contributed by atoms with Crippen molar-refractivity contribution in [2.75, 3.05) is 37.3 Å². The molecule has 1 saturated heterocycles. The molecule has 1 aliphatic heterocycles. The number of anilines is 1. The van der Waals surface area contributed by atoms with Crippen LogP contribution in [0.1, 0.15) is 20.3 Å². The van der Waals surface area contributed by atoms with Gasteiger partial charge in [-0.3, -0.25) is 0 Å². The Labute approximate surface area is 138 Å². The number of nitrogens with one attached hydrogen (secondary N) is 2. The van der Waals surface area contributed by atoms with Crippen LogP contribution in [0.5, 0.6) is 0 Å². The fourth-order valence-corrected chi connectivity index (χ4v) is 2.75. The quantitative estimate of drug-likeness (QED) is 0.847. The Morgan fingerprint density at radius 2 is 2.05 bits per heavy atom. The normalized spacial score (nSPS) is 18.3. The zero-order valence-corrected chi connectivity index (χ0v) is 14.6. The molecule has 122 valence electrons. The molecule has 0 aromatic heterocycles. The Hall–Kier alpha value is -1.36. The van der Waals surface area contributed by atoms with Crippen LogP contribution >= 0.6 is 11.8 Å². The molecule has 22 heavy (non-hydrogen) atoms. The van der Waals surface area contributed by atoms with Crippen LogP contribution in [-0.4, -0.2) is 43.2 Å². The lowest BCUT2D eigenvalue weighted by Crippen LogP contribution is -2.43. The van der Waals surface area contributed by atoms with Gasteiger partial charge in [0.2, 0.25) is 0 Å². The first-order valence-electron chi connectivity index (χ1n) is 7.87. The number of benzene rings is 1. The number of carbonyl (C=O) groups excluding carboxylic acids is 1. The van der Waals surface area contributed by atoms with E-state index in [1.54, 1.807) is 11.8 Å². The molecule has 2 rings (SSSR count). The fraction of sp³-hybridized carbons (Fsp3) is 0.588. The highest BCUT2D eigenvalue weighted by molar-refractivity contribution is 7.99. The molecule has 1 aliphatic rings. The largest absolute Gasteiger partial charge is 0.371 e. The van der Waals surface area contributed by atoms with Crippen LogP contribution in [0.15, 0.2) is 30.3 Å². The zero-order valence-electron chi connectivity index (χ0n) is 13.8. The number of amides is 2. The predicted molar refractivity (Wildman–Crippen MR) is 95.8 cm³/mol. The summed E-state index contributed by atoms with van der Waals surface area (Å²) in [5.41, 5.74) is 1.27. The summed E-state index contributed by atoms with van der Waals surface area (Å²) >= 11 is 1.76. The highest BCUT2D eigenvalue weighted by atomic mass is 32.2. The van der Waals surface area contributed by atoms with E-state index in [9.17, 15) is 4.79 Å². The Kier molecular flexibility index (Phi) is 6.00. The van der Waals surface area contributed by atoms with Gasteiger partial charge >= 0.3 is 6.03 Å². The number of para-hydroxylation sites is 1. The van der Waals surface area contributed by atoms with E-state index in [0.29, 0.717) is 12.5 Å². The van der Waals surface area contributed by atoms with Gasteiger partial charge in [0, 0.05) is 36.6 Å². The summed E-state index contributed by atoms with van der Waals surface area (Å²) in [6, 6.07) is 10.4. The van der Waals surface area contributed by atoms with Gasteiger partial charge in [-0.1, -0.05) is 18.2 Å². The summed E-state index contributed by atoms with van der Waals surface area (Å²) in [4.78, 5) is 14.3. The minimum Gasteiger partial charge on any atom is -0.371 e. The van der Waals surface area contributed by atoms with E-state index in [1.165, 1.54) is 5.69 Å². The predicted octanol–water partition coefficient (Wildman–Crippen LogP) is 2.95. The van der Waals surface area contributed by atoms with Crippen molar-refractivity contribution in [3.05, 3.63) is 30.3 Å². The highest BCUT2D eigenvalue weighted by Gasteiger charge is 2.23. The van der Waals surface area contributed by atoms with E-state index in [2.05, 4.69) is 59.9 Å². The van der Waals surface area contributed by atoms with E-state index in [-0.39, 0.29) is 10.8 Å². The molecule has 1 fully saturated rings. The Balaban J connectivity index is 1.69. The molecule has 2 amide bonds. The first kappa shape index (κ1) is 17.0. The first-order valence-corrected chi connectivity index (χ1v) is 9.09. The summed E-state index contributed by atoms with van der Waals surface area (Å²) < 4.78 is 0.0782. The smallest absolute Gasteiger partial charge is 0.314 e. The number of thioether (sulfide) groups is 1. The van der Waals surface area contributed by atoms with Crippen molar-refractivity contribution in [1.29, 1.82) is 0 Å². The third kappa shape index (κ3) is 5.13. The molecule has 2 N–H and O–H groups in total. The molecule has 5 heteroatoms. The van der Waals surface area contributed by atoms with Crippen molar-refractivity contribution in [3.8, 4) is 0 Å². The van der Waals surface area contributed by atoms with Crippen LogP contribution in [0.25, 0.3) is 0 Å². The second kappa shape index (κ2) is 7.77. The second-order valence-electron chi connectivity index (χ2n) is 6.46. The maximum Gasteiger partial charge on any atom is 0.314 e. The van der Waals surface area contributed by atoms with Crippen LogP contribution < -0.4 is 15.5 Å².